The Morgan fingerprint density at radius 3 is 2.27 bits per heavy atom. The molecule has 0 atom stereocenters. The normalized spacial score (nSPS) is 19.1. The lowest BCUT2D eigenvalue weighted by Crippen LogP contribution is -2.51. The molecule has 0 radical (unpaired) electrons. The average molecular weight is 501 g/mol. The zero-order valence-corrected chi connectivity index (χ0v) is 21.3. The number of rotatable bonds is 5. The van der Waals surface area contributed by atoms with Crippen molar-refractivity contribution >= 4 is 23.6 Å². The van der Waals surface area contributed by atoms with Crippen LogP contribution in [0.15, 0.2) is 42.4 Å². The van der Waals surface area contributed by atoms with Gasteiger partial charge in [0.2, 0.25) is 5.91 Å². The molecule has 0 bridgehead atoms. The summed E-state index contributed by atoms with van der Waals surface area (Å²) in [4.78, 5) is 36.6. The second kappa shape index (κ2) is 10.8. The van der Waals surface area contributed by atoms with E-state index in [1.165, 1.54) is 11.6 Å². The Morgan fingerprint density at radius 1 is 1.00 bits per heavy atom. The number of amides is 2. The second-order valence-corrected chi connectivity index (χ2v) is 10.2. The van der Waals surface area contributed by atoms with E-state index in [4.69, 9.17) is 6.42 Å². The molecule has 37 heavy (non-hydrogen) atoms. The van der Waals surface area contributed by atoms with Gasteiger partial charge in [0, 0.05) is 62.6 Å². The van der Waals surface area contributed by atoms with E-state index in [2.05, 4.69) is 40.1 Å². The molecule has 2 saturated heterocycles. The molecule has 1 saturated carbocycles. The molecule has 2 aromatic rings. The van der Waals surface area contributed by atoms with E-state index in [-0.39, 0.29) is 17.7 Å². The van der Waals surface area contributed by atoms with Gasteiger partial charge in [-0.1, -0.05) is 30.3 Å². The van der Waals surface area contributed by atoms with Gasteiger partial charge in [0.15, 0.2) is 5.83 Å². The molecule has 1 aromatic carbocycles. The Labute approximate surface area is 218 Å². The van der Waals surface area contributed by atoms with Gasteiger partial charge >= 0.3 is 0 Å². The summed E-state index contributed by atoms with van der Waals surface area (Å²) in [6.45, 7) is 5.33. The monoisotopic (exact) mass is 500 g/mol. The summed E-state index contributed by atoms with van der Waals surface area (Å²) in [5.74, 6) is 2.06. The zero-order valence-electron chi connectivity index (χ0n) is 21.3. The quantitative estimate of drug-likeness (QED) is 0.571. The van der Waals surface area contributed by atoms with Gasteiger partial charge in [-0.3, -0.25) is 14.6 Å². The smallest absolute Gasteiger partial charge is 0.257 e. The highest BCUT2D eigenvalue weighted by atomic mass is 19.1. The Morgan fingerprint density at radius 2 is 1.65 bits per heavy atom. The third-order valence-electron chi connectivity index (χ3n) is 7.81. The molecule has 7 heteroatoms. The summed E-state index contributed by atoms with van der Waals surface area (Å²) in [6.07, 6.45) is 12.1. The first-order valence-corrected chi connectivity index (χ1v) is 13.2. The highest BCUT2D eigenvalue weighted by molar-refractivity contribution is 6.02. The third kappa shape index (κ3) is 5.39. The van der Waals surface area contributed by atoms with Gasteiger partial charge in [-0.25, -0.2) is 0 Å². The van der Waals surface area contributed by atoms with E-state index in [0.29, 0.717) is 54.6 Å². The van der Waals surface area contributed by atoms with Crippen molar-refractivity contribution in [1.29, 1.82) is 0 Å². The van der Waals surface area contributed by atoms with Crippen LogP contribution >= 0.6 is 0 Å². The molecule has 1 aliphatic carbocycles. The van der Waals surface area contributed by atoms with E-state index in [0.717, 1.165) is 38.8 Å². The van der Waals surface area contributed by atoms with E-state index < -0.39 is 5.83 Å². The van der Waals surface area contributed by atoms with Crippen molar-refractivity contribution in [3.63, 3.8) is 0 Å². The number of halogens is 1. The van der Waals surface area contributed by atoms with Crippen molar-refractivity contribution < 1.29 is 14.0 Å². The molecule has 3 fully saturated rings. The molecule has 6 nitrogen and oxygen atoms in total. The zero-order chi connectivity index (χ0) is 25.9. The van der Waals surface area contributed by atoms with Gasteiger partial charge in [-0.2, -0.15) is 4.39 Å². The Hall–Kier alpha value is -3.66. The van der Waals surface area contributed by atoms with Crippen molar-refractivity contribution in [2.75, 3.05) is 44.2 Å². The number of anilines is 1. The Bertz CT molecular complexity index is 1230. The largest absolute Gasteiger partial charge is 0.370 e. The number of piperazine rings is 1. The van der Waals surface area contributed by atoms with Crippen LogP contribution in [-0.4, -0.2) is 65.9 Å². The van der Waals surface area contributed by atoms with Crippen molar-refractivity contribution in [2.45, 2.75) is 38.5 Å². The fraction of sp³-hybridized carbons (Fsp3) is 0.433. The SMILES string of the molecule is C#C/C(F)=C\c1c(C)ncc(C(=O)N2CCN(C(=O)C3CC3)CC2)c1N1CCC(c2ccccc2)CC1. The number of pyridine rings is 1. The number of aryl methyl sites for hydroxylation is 1. The number of terminal acetylenes is 1. The lowest BCUT2D eigenvalue weighted by atomic mass is 9.88. The summed E-state index contributed by atoms with van der Waals surface area (Å²) in [7, 11) is 0. The molecular formula is C30H33FN4O2. The number of carbonyl (C=O) groups is 2. The van der Waals surface area contributed by atoms with Crippen LogP contribution in [0.25, 0.3) is 6.08 Å². The van der Waals surface area contributed by atoms with Crippen LogP contribution in [0.5, 0.6) is 0 Å². The molecule has 192 valence electrons. The van der Waals surface area contributed by atoms with Gasteiger partial charge < -0.3 is 14.7 Å². The van der Waals surface area contributed by atoms with Crippen LogP contribution in [0.3, 0.4) is 0 Å². The van der Waals surface area contributed by atoms with Gasteiger partial charge in [-0.15, -0.1) is 6.42 Å². The molecule has 3 aliphatic rings. The molecule has 0 spiro atoms. The van der Waals surface area contributed by atoms with Crippen molar-refractivity contribution in [3.8, 4) is 12.3 Å². The predicted octanol–water partition coefficient (Wildman–Crippen LogP) is 4.41. The first-order chi connectivity index (χ1) is 18.0. The minimum Gasteiger partial charge on any atom is -0.370 e. The molecule has 0 unspecified atom stereocenters. The third-order valence-corrected chi connectivity index (χ3v) is 7.81. The number of nitrogens with zero attached hydrogens (tertiary/aromatic N) is 4. The highest BCUT2D eigenvalue weighted by Crippen LogP contribution is 2.36. The van der Waals surface area contributed by atoms with E-state index in [1.807, 2.05) is 17.9 Å². The Kier molecular flexibility index (Phi) is 7.27. The first-order valence-electron chi connectivity index (χ1n) is 13.2. The number of hydrogen-bond acceptors (Lipinski definition) is 4. The van der Waals surface area contributed by atoms with Crippen LogP contribution in [0.2, 0.25) is 0 Å². The van der Waals surface area contributed by atoms with Gasteiger partial charge in [-0.05, 0) is 56.1 Å². The summed E-state index contributed by atoms with van der Waals surface area (Å²) in [6, 6.07) is 10.5. The van der Waals surface area contributed by atoms with E-state index >= 15 is 0 Å². The summed E-state index contributed by atoms with van der Waals surface area (Å²) < 4.78 is 14.4. The van der Waals surface area contributed by atoms with Crippen molar-refractivity contribution in [1.82, 2.24) is 14.8 Å². The number of benzene rings is 1. The van der Waals surface area contributed by atoms with E-state index in [9.17, 15) is 14.0 Å². The van der Waals surface area contributed by atoms with E-state index in [1.54, 1.807) is 11.1 Å². The number of piperidine rings is 1. The minimum atomic E-state index is -0.692. The van der Waals surface area contributed by atoms with Crippen molar-refractivity contribution in [2.24, 2.45) is 5.92 Å². The second-order valence-electron chi connectivity index (χ2n) is 10.2. The van der Waals surface area contributed by atoms with Crippen LogP contribution in [0.1, 0.15) is 58.8 Å². The minimum absolute atomic E-state index is 0.137. The maximum absolute atomic E-state index is 14.4. The molecule has 2 amide bonds. The molecule has 0 N–H and O–H groups in total. The standard InChI is InChI=1S/C30H33FN4O2/c1-3-25(31)19-26-21(2)32-20-27(30(37)35-17-15-34(16-18-35)29(36)24-9-10-24)28(26)33-13-11-23(12-14-33)22-7-5-4-6-8-22/h1,4-8,19-20,23-24H,9-18H2,2H3/b25-19+. The maximum atomic E-state index is 14.4. The molecule has 3 heterocycles. The topological polar surface area (TPSA) is 56.8 Å². The molecule has 2 aliphatic heterocycles. The van der Waals surface area contributed by atoms with Crippen molar-refractivity contribution in [3.05, 3.63) is 64.7 Å². The van der Waals surface area contributed by atoms with Gasteiger partial charge in [0.05, 0.1) is 11.3 Å². The lowest BCUT2D eigenvalue weighted by Gasteiger charge is -2.38. The maximum Gasteiger partial charge on any atom is 0.257 e. The molecule has 5 rings (SSSR count). The first kappa shape index (κ1) is 25.0. The summed E-state index contributed by atoms with van der Waals surface area (Å²) >= 11 is 0. The lowest BCUT2D eigenvalue weighted by molar-refractivity contribution is -0.134. The fourth-order valence-electron chi connectivity index (χ4n) is 5.50. The van der Waals surface area contributed by atoms with Gasteiger partial charge in [0.25, 0.3) is 5.91 Å². The van der Waals surface area contributed by atoms with Crippen LogP contribution in [0, 0.1) is 25.2 Å². The molecular weight excluding hydrogens is 467 g/mol. The molecule has 1 aromatic heterocycles. The average Bonchev–Trinajstić information content (AvgIpc) is 3.80. The fourth-order valence-corrected chi connectivity index (χ4v) is 5.50. The highest BCUT2D eigenvalue weighted by Gasteiger charge is 2.36. The summed E-state index contributed by atoms with van der Waals surface area (Å²) in [5, 5.41) is 0. The number of allylic oxidation sites excluding steroid dienone is 1. The summed E-state index contributed by atoms with van der Waals surface area (Å²) in [5.41, 5.74) is 3.66. The number of aromatic nitrogens is 1. The predicted molar refractivity (Wildman–Crippen MR) is 143 cm³/mol. The Balaban J connectivity index is 1.41. The van der Waals surface area contributed by atoms with Gasteiger partial charge in [0.1, 0.15) is 0 Å². The van der Waals surface area contributed by atoms with Crippen LogP contribution in [-0.2, 0) is 4.79 Å². The van der Waals surface area contributed by atoms with Crippen LogP contribution in [0.4, 0.5) is 10.1 Å². The number of hydrogen-bond donors (Lipinski definition) is 0. The van der Waals surface area contributed by atoms with Crippen LogP contribution < -0.4 is 4.90 Å². The number of carbonyl (C=O) groups excluding carboxylic acids is 2.